The zero-order valence-corrected chi connectivity index (χ0v) is 13.0. The van der Waals surface area contributed by atoms with Gasteiger partial charge in [0, 0.05) is 17.3 Å². The van der Waals surface area contributed by atoms with Crippen molar-refractivity contribution in [2.45, 2.75) is 6.92 Å². The van der Waals surface area contributed by atoms with Crippen LogP contribution >= 0.6 is 0 Å². The average molecular weight is 321 g/mol. The van der Waals surface area contributed by atoms with Crippen LogP contribution in [0.1, 0.15) is 33.2 Å². The van der Waals surface area contributed by atoms with Gasteiger partial charge in [0.15, 0.2) is 5.78 Å². The van der Waals surface area contributed by atoms with Gasteiger partial charge in [-0.1, -0.05) is 24.3 Å². The molecular weight excluding hydrogens is 306 g/mol. The van der Waals surface area contributed by atoms with Gasteiger partial charge in [-0.25, -0.2) is 4.79 Å². The normalized spacial score (nSPS) is 13.5. The fraction of sp³-hybridized carbons (Fsp3) is 0.105. The molecule has 24 heavy (non-hydrogen) atoms. The molecule has 2 aromatic carbocycles. The maximum atomic E-state index is 12.3. The van der Waals surface area contributed by atoms with Crippen molar-refractivity contribution in [2.75, 3.05) is 6.61 Å². The lowest BCUT2D eigenvalue weighted by Gasteiger charge is -2.01. The number of nitrogens with zero attached hydrogens (tertiary/aromatic N) is 1. The van der Waals surface area contributed by atoms with E-state index < -0.39 is 5.97 Å². The maximum absolute atomic E-state index is 12.3. The molecule has 3 rings (SSSR count). The van der Waals surface area contributed by atoms with Crippen LogP contribution in [0.25, 0.3) is 5.76 Å². The molecule has 0 spiro atoms. The molecule has 0 bridgehead atoms. The molecule has 0 atom stereocenters. The molecule has 2 aromatic rings. The molecule has 0 aromatic heterocycles. The minimum atomic E-state index is -0.394. The van der Waals surface area contributed by atoms with Gasteiger partial charge in [-0.2, -0.15) is 0 Å². The Hall–Kier alpha value is -3.21. The molecule has 1 aliphatic carbocycles. The number of esters is 1. The molecule has 5 heteroatoms. The van der Waals surface area contributed by atoms with E-state index in [0.717, 1.165) is 0 Å². The zero-order chi connectivity index (χ0) is 17.1. The van der Waals surface area contributed by atoms with Crippen molar-refractivity contribution < 1.29 is 19.4 Å². The van der Waals surface area contributed by atoms with E-state index in [9.17, 15) is 14.7 Å². The highest BCUT2D eigenvalue weighted by molar-refractivity contribution is 6.30. The van der Waals surface area contributed by atoms with E-state index in [1.165, 1.54) is 6.21 Å². The van der Waals surface area contributed by atoms with Gasteiger partial charge >= 0.3 is 5.97 Å². The molecule has 1 N–H and O–H groups in total. The SMILES string of the molecule is CCOC(=O)c1ccc(N=CC2=C(O)c3ccccc3C2=O)cc1. The van der Waals surface area contributed by atoms with Gasteiger partial charge in [0.25, 0.3) is 0 Å². The van der Waals surface area contributed by atoms with E-state index in [4.69, 9.17) is 4.74 Å². The van der Waals surface area contributed by atoms with Crippen LogP contribution in [0.4, 0.5) is 5.69 Å². The third-order valence-corrected chi connectivity index (χ3v) is 3.65. The van der Waals surface area contributed by atoms with E-state index >= 15 is 0 Å². The average Bonchev–Trinajstić information content (AvgIpc) is 2.85. The van der Waals surface area contributed by atoms with E-state index in [2.05, 4.69) is 4.99 Å². The number of allylic oxidation sites excluding steroid dienone is 1. The Morgan fingerprint density at radius 2 is 1.79 bits per heavy atom. The largest absolute Gasteiger partial charge is 0.506 e. The van der Waals surface area contributed by atoms with Gasteiger partial charge in [0.1, 0.15) is 5.76 Å². The number of fused-ring (bicyclic) bond motifs is 1. The predicted molar refractivity (Wildman–Crippen MR) is 90.9 cm³/mol. The number of aliphatic hydroxyl groups is 1. The second-order valence-electron chi connectivity index (χ2n) is 5.16. The number of rotatable bonds is 4. The first-order valence-corrected chi connectivity index (χ1v) is 7.50. The van der Waals surface area contributed by atoms with Crippen LogP contribution in [0.15, 0.2) is 59.1 Å². The lowest BCUT2D eigenvalue weighted by molar-refractivity contribution is 0.0526. The van der Waals surface area contributed by atoms with Crippen LogP contribution in [-0.4, -0.2) is 29.7 Å². The molecule has 5 nitrogen and oxygen atoms in total. The Bertz CT molecular complexity index is 863. The molecule has 0 aliphatic heterocycles. The number of carbonyl (C=O) groups excluding carboxylic acids is 2. The number of aliphatic imine (C=N–C) groups is 1. The summed E-state index contributed by atoms with van der Waals surface area (Å²) in [5.41, 5.74) is 2.13. The summed E-state index contributed by atoms with van der Waals surface area (Å²) in [5, 5.41) is 10.2. The van der Waals surface area contributed by atoms with Crippen molar-refractivity contribution in [3.63, 3.8) is 0 Å². The van der Waals surface area contributed by atoms with Crippen LogP contribution in [0.5, 0.6) is 0 Å². The number of benzene rings is 2. The molecule has 0 radical (unpaired) electrons. The van der Waals surface area contributed by atoms with Crippen LogP contribution in [0.3, 0.4) is 0 Å². The minimum absolute atomic E-state index is 0.0671. The lowest BCUT2D eigenvalue weighted by atomic mass is 10.1. The third-order valence-electron chi connectivity index (χ3n) is 3.65. The molecule has 120 valence electrons. The van der Waals surface area contributed by atoms with Gasteiger partial charge in [0.05, 0.1) is 23.4 Å². The number of hydrogen-bond acceptors (Lipinski definition) is 5. The van der Waals surface area contributed by atoms with Crippen molar-refractivity contribution in [1.29, 1.82) is 0 Å². The Morgan fingerprint density at radius 1 is 1.12 bits per heavy atom. The summed E-state index contributed by atoms with van der Waals surface area (Å²) in [4.78, 5) is 28.1. The van der Waals surface area contributed by atoms with E-state index in [1.807, 2.05) is 0 Å². The van der Waals surface area contributed by atoms with Crippen LogP contribution < -0.4 is 0 Å². The number of carbonyl (C=O) groups is 2. The summed E-state index contributed by atoms with van der Waals surface area (Å²) in [7, 11) is 0. The second-order valence-corrected chi connectivity index (χ2v) is 5.16. The summed E-state index contributed by atoms with van der Waals surface area (Å²) in [6.07, 6.45) is 1.34. The molecule has 0 saturated carbocycles. The summed E-state index contributed by atoms with van der Waals surface area (Å²) >= 11 is 0. The van der Waals surface area contributed by atoms with Crippen molar-refractivity contribution in [3.8, 4) is 0 Å². The van der Waals surface area contributed by atoms with Gasteiger partial charge in [0.2, 0.25) is 0 Å². The lowest BCUT2D eigenvalue weighted by Crippen LogP contribution is -2.03. The summed E-state index contributed by atoms with van der Waals surface area (Å²) in [6.45, 7) is 2.06. The molecule has 0 heterocycles. The third kappa shape index (κ3) is 2.84. The van der Waals surface area contributed by atoms with Crippen molar-refractivity contribution >= 4 is 29.4 Å². The van der Waals surface area contributed by atoms with E-state index in [1.54, 1.807) is 55.5 Å². The standard InChI is InChI=1S/C19H15NO4/c1-2-24-19(23)12-7-9-13(10-8-12)20-11-16-17(21)14-5-3-4-6-15(14)18(16)22/h3-11,21H,2H2,1H3. The highest BCUT2D eigenvalue weighted by Crippen LogP contribution is 2.30. The van der Waals surface area contributed by atoms with Gasteiger partial charge < -0.3 is 9.84 Å². The number of hydrogen-bond donors (Lipinski definition) is 1. The number of ketones is 1. The Kier molecular flexibility index (Phi) is 4.24. The van der Waals surface area contributed by atoms with Gasteiger partial charge in [-0.05, 0) is 31.2 Å². The summed E-state index contributed by atoms with van der Waals surface area (Å²) < 4.78 is 4.91. The Labute approximate surface area is 138 Å². The predicted octanol–water partition coefficient (Wildman–Crippen LogP) is 3.73. The molecule has 0 unspecified atom stereocenters. The first kappa shape index (κ1) is 15.7. The maximum Gasteiger partial charge on any atom is 0.338 e. The quantitative estimate of drug-likeness (QED) is 0.687. The molecule has 1 aliphatic rings. The van der Waals surface area contributed by atoms with Crippen molar-refractivity contribution in [1.82, 2.24) is 0 Å². The number of Topliss-reactive ketones (excluding diaryl/α,β-unsaturated/α-hetero) is 1. The minimum Gasteiger partial charge on any atom is -0.506 e. The van der Waals surface area contributed by atoms with E-state index in [0.29, 0.717) is 29.0 Å². The molecular formula is C19H15NO4. The number of ether oxygens (including phenoxy) is 1. The first-order chi connectivity index (χ1) is 11.6. The Morgan fingerprint density at radius 3 is 2.42 bits per heavy atom. The summed E-state index contributed by atoms with van der Waals surface area (Å²) in [6, 6.07) is 13.4. The van der Waals surface area contributed by atoms with Crippen molar-refractivity contribution in [3.05, 3.63) is 70.8 Å². The smallest absolute Gasteiger partial charge is 0.338 e. The molecule has 0 fully saturated rings. The highest BCUT2D eigenvalue weighted by Gasteiger charge is 2.27. The summed E-state index contributed by atoms with van der Waals surface area (Å²) in [5.74, 6) is -0.715. The van der Waals surface area contributed by atoms with Gasteiger partial charge in [-0.3, -0.25) is 9.79 Å². The van der Waals surface area contributed by atoms with E-state index in [-0.39, 0.29) is 17.1 Å². The zero-order valence-electron chi connectivity index (χ0n) is 13.0. The topological polar surface area (TPSA) is 76.0 Å². The second kappa shape index (κ2) is 6.50. The fourth-order valence-electron chi connectivity index (χ4n) is 2.44. The molecule has 0 saturated heterocycles. The Balaban J connectivity index is 1.81. The first-order valence-electron chi connectivity index (χ1n) is 7.50. The number of aliphatic hydroxyl groups excluding tert-OH is 1. The van der Waals surface area contributed by atoms with Crippen molar-refractivity contribution in [2.24, 2.45) is 4.99 Å². The van der Waals surface area contributed by atoms with Crippen LogP contribution in [0.2, 0.25) is 0 Å². The fourth-order valence-corrected chi connectivity index (χ4v) is 2.44. The van der Waals surface area contributed by atoms with Crippen LogP contribution in [-0.2, 0) is 4.74 Å². The highest BCUT2D eigenvalue weighted by atomic mass is 16.5. The molecule has 0 amide bonds. The monoisotopic (exact) mass is 321 g/mol. The van der Waals surface area contributed by atoms with Gasteiger partial charge in [-0.15, -0.1) is 0 Å². The van der Waals surface area contributed by atoms with Crippen LogP contribution in [0, 0.1) is 0 Å².